The number of hydrogen-bond donors (Lipinski definition) is 1. The molecule has 1 N–H and O–H groups in total. The maximum Gasteiger partial charge on any atom is 0.418 e. The standard InChI is InChI=1S/C11H5F4N3/c12-8-1-2-10(9(3-8)11(13,14)15)18-6-7(4-16)5-17/h1-3,6,18H. The molecule has 92 valence electrons. The van der Waals surface area contributed by atoms with E-state index in [0.29, 0.717) is 6.07 Å². The van der Waals surface area contributed by atoms with Crippen LogP contribution in [0.15, 0.2) is 30.0 Å². The average Bonchev–Trinajstić information content (AvgIpc) is 2.30. The van der Waals surface area contributed by atoms with Gasteiger partial charge in [-0.2, -0.15) is 23.7 Å². The fraction of sp³-hybridized carbons (Fsp3) is 0.0909. The van der Waals surface area contributed by atoms with Crippen LogP contribution in [-0.4, -0.2) is 0 Å². The normalized spacial score (nSPS) is 10.1. The van der Waals surface area contributed by atoms with Crippen LogP contribution >= 0.6 is 0 Å². The molecule has 18 heavy (non-hydrogen) atoms. The maximum atomic E-state index is 12.8. The molecule has 0 saturated carbocycles. The van der Waals surface area contributed by atoms with E-state index in [0.717, 1.165) is 18.3 Å². The highest BCUT2D eigenvalue weighted by Gasteiger charge is 2.33. The van der Waals surface area contributed by atoms with Gasteiger partial charge in [0, 0.05) is 6.20 Å². The van der Waals surface area contributed by atoms with E-state index in [1.807, 2.05) is 0 Å². The molecule has 0 unspecified atom stereocenters. The Morgan fingerprint density at radius 1 is 1.22 bits per heavy atom. The smallest absolute Gasteiger partial charge is 0.359 e. The van der Waals surface area contributed by atoms with E-state index in [1.54, 1.807) is 0 Å². The summed E-state index contributed by atoms with van der Waals surface area (Å²) < 4.78 is 50.4. The number of alkyl halides is 3. The van der Waals surface area contributed by atoms with Crippen molar-refractivity contribution in [1.82, 2.24) is 0 Å². The third-order valence-electron chi connectivity index (χ3n) is 1.90. The van der Waals surface area contributed by atoms with Crippen LogP contribution in [0.3, 0.4) is 0 Å². The zero-order valence-corrected chi connectivity index (χ0v) is 8.72. The fourth-order valence-corrected chi connectivity index (χ4v) is 1.12. The lowest BCUT2D eigenvalue weighted by molar-refractivity contribution is -0.137. The number of anilines is 1. The van der Waals surface area contributed by atoms with Gasteiger partial charge in [-0.15, -0.1) is 0 Å². The van der Waals surface area contributed by atoms with E-state index in [4.69, 9.17) is 10.5 Å². The van der Waals surface area contributed by atoms with Gasteiger partial charge in [0.15, 0.2) is 0 Å². The van der Waals surface area contributed by atoms with E-state index in [-0.39, 0.29) is 0 Å². The van der Waals surface area contributed by atoms with Crippen LogP contribution in [0, 0.1) is 28.5 Å². The Hall–Kier alpha value is -2.54. The first-order valence-electron chi connectivity index (χ1n) is 4.52. The highest BCUT2D eigenvalue weighted by Crippen LogP contribution is 2.35. The summed E-state index contributed by atoms with van der Waals surface area (Å²) in [4.78, 5) is 0. The third kappa shape index (κ3) is 3.22. The van der Waals surface area contributed by atoms with Crippen molar-refractivity contribution in [1.29, 1.82) is 10.5 Å². The van der Waals surface area contributed by atoms with Crippen molar-refractivity contribution >= 4 is 5.69 Å². The van der Waals surface area contributed by atoms with Gasteiger partial charge >= 0.3 is 6.18 Å². The number of hydrogen-bond acceptors (Lipinski definition) is 3. The average molecular weight is 255 g/mol. The van der Waals surface area contributed by atoms with Gasteiger partial charge in [0.05, 0.1) is 11.3 Å². The van der Waals surface area contributed by atoms with E-state index in [9.17, 15) is 17.6 Å². The van der Waals surface area contributed by atoms with Crippen molar-refractivity contribution in [2.24, 2.45) is 0 Å². The van der Waals surface area contributed by atoms with Crippen molar-refractivity contribution in [3.8, 4) is 12.1 Å². The SMILES string of the molecule is N#CC(C#N)=CNc1ccc(F)cc1C(F)(F)F. The van der Waals surface area contributed by atoms with E-state index >= 15 is 0 Å². The maximum absolute atomic E-state index is 12.8. The molecule has 1 rings (SSSR count). The van der Waals surface area contributed by atoms with E-state index in [1.165, 1.54) is 12.1 Å². The molecule has 7 heteroatoms. The molecule has 0 radical (unpaired) electrons. The Morgan fingerprint density at radius 3 is 2.33 bits per heavy atom. The second-order valence-electron chi connectivity index (χ2n) is 3.11. The minimum atomic E-state index is -4.74. The Bertz CT molecular complexity index is 545. The van der Waals surface area contributed by atoms with Gasteiger partial charge in [0.1, 0.15) is 23.5 Å². The number of benzene rings is 1. The van der Waals surface area contributed by atoms with E-state index < -0.39 is 28.8 Å². The van der Waals surface area contributed by atoms with E-state index in [2.05, 4.69) is 5.32 Å². The molecule has 3 nitrogen and oxygen atoms in total. The van der Waals surface area contributed by atoms with Crippen molar-refractivity contribution in [2.45, 2.75) is 6.18 Å². The van der Waals surface area contributed by atoms with Crippen molar-refractivity contribution in [3.63, 3.8) is 0 Å². The van der Waals surface area contributed by atoms with Crippen LogP contribution < -0.4 is 5.32 Å². The summed E-state index contributed by atoms with van der Waals surface area (Å²) in [6.45, 7) is 0. The molecule has 0 fully saturated rings. The number of rotatable bonds is 2. The van der Waals surface area contributed by atoms with Crippen LogP contribution in [0.4, 0.5) is 23.2 Å². The van der Waals surface area contributed by atoms with Gasteiger partial charge in [-0.25, -0.2) is 4.39 Å². The molecule has 0 spiro atoms. The highest BCUT2D eigenvalue weighted by atomic mass is 19.4. The summed E-state index contributed by atoms with van der Waals surface area (Å²) >= 11 is 0. The van der Waals surface area contributed by atoms with Crippen LogP contribution in [0.2, 0.25) is 0 Å². The summed E-state index contributed by atoms with van der Waals surface area (Å²) in [7, 11) is 0. The molecule has 0 aliphatic carbocycles. The summed E-state index contributed by atoms with van der Waals surface area (Å²) in [6, 6.07) is 4.99. The first-order valence-corrected chi connectivity index (χ1v) is 4.52. The zero-order valence-electron chi connectivity index (χ0n) is 8.72. The molecule has 0 aliphatic rings. The van der Waals surface area contributed by atoms with Crippen molar-refractivity contribution in [2.75, 3.05) is 5.32 Å². The molecule has 0 bridgehead atoms. The van der Waals surface area contributed by atoms with Gasteiger partial charge < -0.3 is 5.32 Å². The number of nitrogens with one attached hydrogen (secondary N) is 1. The lowest BCUT2D eigenvalue weighted by Crippen LogP contribution is -2.09. The van der Waals surface area contributed by atoms with Crippen molar-refractivity contribution < 1.29 is 17.6 Å². The molecule has 0 aromatic heterocycles. The molecule has 0 aliphatic heterocycles. The van der Waals surface area contributed by atoms with Gasteiger partial charge in [0.25, 0.3) is 0 Å². The predicted octanol–water partition coefficient (Wildman–Crippen LogP) is 3.19. The molecule has 1 aromatic rings. The first kappa shape index (κ1) is 13.5. The first-order chi connectivity index (χ1) is 8.38. The Morgan fingerprint density at radius 2 is 1.83 bits per heavy atom. The topological polar surface area (TPSA) is 59.6 Å². The van der Waals surface area contributed by atoms with Crippen LogP contribution in [0.25, 0.3) is 0 Å². The van der Waals surface area contributed by atoms with Gasteiger partial charge in [-0.05, 0) is 18.2 Å². The largest absolute Gasteiger partial charge is 0.418 e. The molecule has 0 heterocycles. The lowest BCUT2D eigenvalue weighted by Gasteiger charge is -2.12. The zero-order chi connectivity index (χ0) is 13.8. The Labute approximate surface area is 99.6 Å². The van der Waals surface area contributed by atoms with Gasteiger partial charge in [-0.3, -0.25) is 0 Å². The minimum Gasteiger partial charge on any atom is -0.359 e. The fourth-order valence-electron chi connectivity index (χ4n) is 1.12. The monoisotopic (exact) mass is 255 g/mol. The van der Waals surface area contributed by atoms with Crippen LogP contribution in [0.1, 0.15) is 5.56 Å². The summed E-state index contributed by atoms with van der Waals surface area (Å²) in [6.07, 6.45) is -3.92. The minimum absolute atomic E-state index is 0.328. The van der Waals surface area contributed by atoms with Gasteiger partial charge in [-0.1, -0.05) is 0 Å². The number of nitrogens with zero attached hydrogens (tertiary/aromatic N) is 2. The number of allylic oxidation sites excluding steroid dienone is 1. The molecular weight excluding hydrogens is 250 g/mol. The Balaban J connectivity index is 3.16. The number of nitriles is 2. The molecule has 0 saturated heterocycles. The highest BCUT2D eigenvalue weighted by molar-refractivity contribution is 5.56. The van der Waals surface area contributed by atoms with Crippen molar-refractivity contribution in [3.05, 3.63) is 41.4 Å². The van der Waals surface area contributed by atoms with Crippen LogP contribution in [0.5, 0.6) is 0 Å². The second-order valence-corrected chi connectivity index (χ2v) is 3.11. The lowest BCUT2D eigenvalue weighted by atomic mass is 10.1. The molecule has 0 atom stereocenters. The number of halogens is 4. The third-order valence-corrected chi connectivity index (χ3v) is 1.90. The predicted molar refractivity (Wildman–Crippen MR) is 54.3 cm³/mol. The summed E-state index contributed by atoms with van der Waals surface area (Å²) in [5, 5.41) is 19.0. The molecule has 1 aromatic carbocycles. The quantitative estimate of drug-likeness (QED) is 0.652. The Kier molecular flexibility index (Phi) is 3.90. The molecular formula is C11H5F4N3. The van der Waals surface area contributed by atoms with Gasteiger partial charge in [0.2, 0.25) is 0 Å². The summed E-state index contributed by atoms with van der Waals surface area (Å²) in [5.41, 5.74) is -2.05. The second kappa shape index (κ2) is 5.19. The van der Waals surface area contributed by atoms with Crippen LogP contribution in [-0.2, 0) is 6.18 Å². The molecule has 0 amide bonds. The summed E-state index contributed by atoms with van der Waals surface area (Å²) in [5.74, 6) is -1.03.